The first-order valence-electron chi connectivity index (χ1n) is 10.7. The fourth-order valence-corrected chi connectivity index (χ4v) is 4.70. The molecule has 160 valence electrons. The molecular weight excluding hydrogens is 373 g/mol. The van der Waals surface area contributed by atoms with Gasteiger partial charge in [0.25, 0.3) is 0 Å². The van der Waals surface area contributed by atoms with Crippen LogP contribution in [0.25, 0.3) is 0 Å². The number of ether oxygens (including phenoxy) is 3. The summed E-state index contributed by atoms with van der Waals surface area (Å²) in [7, 11) is 1.83. The van der Waals surface area contributed by atoms with E-state index >= 15 is 0 Å². The summed E-state index contributed by atoms with van der Waals surface area (Å²) in [6.45, 7) is 5.30. The first-order valence-corrected chi connectivity index (χ1v) is 10.7. The van der Waals surface area contributed by atoms with Gasteiger partial charge in [0, 0.05) is 51.9 Å². The molecule has 3 saturated heterocycles. The molecule has 0 radical (unpaired) electrons. The maximum Gasteiger partial charge on any atom is 0.193 e. The van der Waals surface area contributed by atoms with Gasteiger partial charge in [-0.25, -0.2) is 4.39 Å². The van der Waals surface area contributed by atoms with E-state index in [1.165, 1.54) is 0 Å². The molecule has 1 N–H and O–H groups in total. The predicted octanol–water partition coefficient (Wildman–Crippen LogP) is 2.33. The lowest BCUT2D eigenvalue weighted by Crippen LogP contribution is -2.55. The number of nitrogens with zero attached hydrogens (tertiary/aromatic N) is 2. The Balaban J connectivity index is 1.43. The van der Waals surface area contributed by atoms with Crippen LogP contribution >= 0.6 is 0 Å². The van der Waals surface area contributed by atoms with Gasteiger partial charge in [-0.15, -0.1) is 0 Å². The normalized spacial score (nSPS) is 27.8. The molecule has 0 aliphatic carbocycles. The number of hydrogen-bond donors (Lipinski definition) is 1. The second kappa shape index (κ2) is 9.41. The molecule has 0 saturated carbocycles. The average Bonchev–Trinajstić information content (AvgIpc) is 3.31. The number of rotatable bonds is 4. The first kappa shape index (κ1) is 20.6. The van der Waals surface area contributed by atoms with Crippen molar-refractivity contribution in [2.75, 3.05) is 53.1 Å². The van der Waals surface area contributed by atoms with E-state index in [0.29, 0.717) is 6.61 Å². The van der Waals surface area contributed by atoms with Crippen LogP contribution in [0.4, 0.5) is 4.39 Å². The van der Waals surface area contributed by atoms with Gasteiger partial charge in [0.15, 0.2) is 5.96 Å². The van der Waals surface area contributed by atoms with Crippen molar-refractivity contribution in [1.29, 1.82) is 0 Å². The van der Waals surface area contributed by atoms with Crippen molar-refractivity contribution < 1.29 is 18.6 Å². The molecule has 4 rings (SSSR count). The van der Waals surface area contributed by atoms with Gasteiger partial charge in [-0.3, -0.25) is 4.99 Å². The molecule has 1 aromatic rings. The number of benzene rings is 1. The lowest BCUT2D eigenvalue weighted by Gasteiger charge is -2.41. The molecule has 2 unspecified atom stereocenters. The Hall–Kier alpha value is -1.70. The van der Waals surface area contributed by atoms with E-state index < -0.39 is 0 Å². The highest BCUT2D eigenvalue weighted by atomic mass is 19.1. The molecule has 0 spiro atoms. The van der Waals surface area contributed by atoms with Crippen LogP contribution < -0.4 is 5.32 Å². The van der Waals surface area contributed by atoms with E-state index in [4.69, 9.17) is 14.2 Å². The highest BCUT2D eigenvalue weighted by Crippen LogP contribution is 2.34. The van der Waals surface area contributed by atoms with Gasteiger partial charge in [-0.2, -0.15) is 0 Å². The molecule has 6 nitrogen and oxygen atoms in total. The Morgan fingerprint density at radius 1 is 1.14 bits per heavy atom. The number of morpholine rings is 1. The van der Waals surface area contributed by atoms with Crippen molar-refractivity contribution >= 4 is 5.96 Å². The lowest BCUT2D eigenvalue weighted by atomic mass is 9.74. The fraction of sp³-hybridized carbons (Fsp3) is 0.682. The molecule has 29 heavy (non-hydrogen) atoms. The molecule has 3 fully saturated rings. The number of halogens is 1. The maximum atomic E-state index is 13.5. The topological polar surface area (TPSA) is 55.3 Å². The number of nitrogens with one attached hydrogen (secondary N) is 1. The first-order chi connectivity index (χ1) is 14.2. The summed E-state index contributed by atoms with van der Waals surface area (Å²) >= 11 is 0. The molecular formula is C22H32FN3O3. The zero-order valence-corrected chi connectivity index (χ0v) is 17.2. The third-order valence-corrected chi connectivity index (χ3v) is 6.48. The number of hydrogen-bond acceptors (Lipinski definition) is 4. The van der Waals surface area contributed by atoms with E-state index in [1.807, 2.05) is 19.2 Å². The van der Waals surface area contributed by atoms with E-state index in [9.17, 15) is 4.39 Å². The highest BCUT2D eigenvalue weighted by molar-refractivity contribution is 5.80. The average molecular weight is 406 g/mol. The number of guanidine groups is 1. The van der Waals surface area contributed by atoms with Gasteiger partial charge in [0.2, 0.25) is 0 Å². The minimum atomic E-state index is -0.201. The Morgan fingerprint density at radius 2 is 1.90 bits per heavy atom. The van der Waals surface area contributed by atoms with Crippen LogP contribution in [0.3, 0.4) is 0 Å². The fourth-order valence-electron chi connectivity index (χ4n) is 4.70. The van der Waals surface area contributed by atoms with Crippen molar-refractivity contribution in [3.05, 3.63) is 35.6 Å². The Labute approximate surface area is 172 Å². The van der Waals surface area contributed by atoms with Crippen LogP contribution in [0, 0.1) is 5.82 Å². The zero-order chi connectivity index (χ0) is 20.1. The van der Waals surface area contributed by atoms with E-state index in [0.717, 1.165) is 76.7 Å². The summed E-state index contributed by atoms with van der Waals surface area (Å²) in [6, 6.07) is 6.92. The smallest absolute Gasteiger partial charge is 0.193 e. The van der Waals surface area contributed by atoms with Crippen molar-refractivity contribution in [3.8, 4) is 0 Å². The second-order valence-corrected chi connectivity index (χ2v) is 8.21. The zero-order valence-electron chi connectivity index (χ0n) is 17.2. The molecule has 3 heterocycles. The van der Waals surface area contributed by atoms with Crippen molar-refractivity contribution in [2.24, 2.45) is 4.99 Å². The minimum Gasteiger partial charge on any atom is -0.381 e. The standard InChI is InChI=1S/C22H32FN3O3/c1-24-21(26-10-14-29-20(15-26)19-3-2-11-28-19)25-16-22(8-12-27-13-9-22)17-4-6-18(23)7-5-17/h4-7,19-20H,2-3,8-16H2,1H3,(H,24,25). The molecule has 3 aliphatic heterocycles. The van der Waals surface area contributed by atoms with Crippen LogP contribution in [0.1, 0.15) is 31.2 Å². The summed E-state index contributed by atoms with van der Waals surface area (Å²) < 4.78 is 30.9. The van der Waals surface area contributed by atoms with Crippen LogP contribution in [-0.2, 0) is 19.6 Å². The second-order valence-electron chi connectivity index (χ2n) is 8.21. The molecule has 1 aromatic carbocycles. The molecule has 2 atom stereocenters. The Bertz CT molecular complexity index is 685. The van der Waals surface area contributed by atoms with E-state index in [2.05, 4.69) is 15.2 Å². The third kappa shape index (κ3) is 4.73. The van der Waals surface area contributed by atoms with E-state index in [1.54, 1.807) is 12.1 Å². The molecule has 0 bridgehead atoms. The van der Waals surface area contributed by atoms with Gasteiger partial charge in [-0.05, 0) is 43.4 Å². The summed E-state index contributed by atoms with van der Waals surface area (Å²) in [5.41, 5.74) is 1.08. The van der Waals surface area contributed by atoms with Gasteiger partial charge in [0.05, 0.1) is 12.7 Å². The van der Waals surface area contributed by atoms with Crippen molar-refractivity contribution in [3.63, 3.8) is 0 Å². The number of aliphatic imine (C=N–C) groups is 1. The highest BCUT2D eigenvalue weighted by Gasteiger charge is 2.36. The van der Waals surface area contributed by atoms with Gasteiger partial charge < -0.3 is 24.4 Å². The molecule has 0 amide bonds. The molecule has 3 aliphatic rings. The van der Waals surface area contributed by atoms with Crippen LogP contribution in [0.15, 0.2) is 29.3 Å². The quantitative estimate of drug-likeness (QED) is 0.616. The van der Waals surface area contributed by atoms with Crippen molar-refractivity contribution in [1.82, 2.24) is 10.2 Å². The lowest BCUT2D eigenvalue weighted by molar-refractivity contribution is -0.0817. The minimum absolute atomic E-state index is 0.0812. The summed E-state index contributed by atoms with van der Waals surface area (Å²) in [4.78, 5) is 6.81. The summed E-state index contributed by atoms with van der Waals surface area (Å²) in [6.07, 6.45) is 4.28. The van der Waals surface area contributed by atoms with Crippen LogP contribution in [0.5, 0.6) is 0 Å². The Morgan fingerprint density at radius 3 is 2.59 bits per heavy atom. The van der Waals surface area contributed by atoms with Gasteiger partial charge >= 0.3 is 0 Å². The van der Waals surface area contributed by atoms with Gasteiger partial charge in [-0.1, -0.05) is 12.1 Å². The maximum absolute atomic E-state index is 13.5. The Kier molecular flexibility index (Phi) is 6.67. The molecule has 7 heteroatoms. The van der Waals surface area contributed by atoms with Gasteiger partial charge in [0.1, 0.15) is 11.9 Å². The monoisotopic (exact) mass is 405 g/mol. The van der Waals surface area contributed by atoms with Crippen molar-refractivity contribution in [2.45, 2.75) is 43.3 Å². The van der Waals surface area contributed by atoms with Crippen LogP contribution in [0.2, 0.25) is 0 Å². The summed E-state index contributed by atoms with van der Waals surface area (Å²) in [5.74, 6) is 0.692. The van der Waals surface area contributed by atoms with Crippen LogP contribution in [-0.4, -0.2) is 76.2 Å². The third-order valence-electron chi connectivity index (χ3n) is 6.48. The molecule has 0 aromatic heterocycles. The summed E-state index contributed by atoms with van der Waals surface area (Å²) in [5, 5.41) is 3.60. The van der Waals surface area contributed by atoms with E-state index in [-0.39, 0.29) is 23.4 Å². The largest absolute Gasteiger partial charge is 0.381 e. The predicted molar refractivity (Wildman–Crippen MR) is 110 cm³/mol. The SMILES string of the molecule is CN=C(NCC1(c2ccc(F)cc2)CCOCC1)N1CCOC(C2CCCO2)C1.